The molecule has 0 fully saturated rings. The van der Waals surface area contributed by atoms with Gasteiger partial charge in [-0.2, -0.15) is 5.10 Å². The van der Waals surface area contributed by atoms with Crippen LogP contribution < -0.4 is 0 Å². The van der Waals surface area contributed by atoms with Crippen molar-refractivity contribution in [1.29, 1.82) is 0 Å². The van der Waals surface area contributed by atoms with Crippen LogP contribution in [-0.4, -0.2) is 9.78 Å². The monoisotopic (exact) mass is 460 g/mol. The Hall–Kier alpha value is 0.0900. The van der Waals surface area contributed by atoms with Gasteiger partial charge >= 0.3 is 0 Å². The van der Waals surface area contributed by atoms with E-state index in [0.29, 0.717) is 3.70 Å². The number of aromatic nitrogens is 2. The Balaban J connectivity index is 2.94. The number of unbranched alkanes of at least 4 members (excludes halogenated alkanes) is 5. The molecule has 1 unspecified atom stereocenters. The van der Waals surface area contributed by atoms with Gasteiger partial charge in [0.15, 0.2) is 5.15 Å². The second-order valence-electron chi connectivity index (χ2n) is 6.47. The molecule has 0 aliphatic carbocycles. The van der Waals surface area contributed by atoms with Gasteiger partial charge in [0.25, 0.3) is 6.43 Å². The van der Waals surface area contributed by atoms with Gasteiger partial charge in [0.2, 0.25) is 0 Å². The van der Waals surface area contributed by atoms with Gasteiger partial charge in [-0.05, 0) is 42.4 Å². The van der Waals surface area contributed by atoms with Crippen LogP contribution in [-0.2, 0) is 5.54 Å². The van der Waals surface area contributed by atoms with Crippen LogP contribution in [0.4, 0.5) is 8.78 Å². The van der Waals surface area contributed by atoms with Crippen LogP contribution in [0.5, 0.6) is 0 Å². The zero-order chi connectivity index (χ0) is 17.5. The average Bonchev–Trinajstić information content (AvgIpc) is 2.80. The third-order valence-corrected chi connectivity index (χ3v) is 5.75. The van der Waals surface area contributed by atoms with Crippen LogP contribution in [0, 0.1) is 3.70 Å². The summed E-state index contributed by atoms with van der Waals surface area (Å²) in [5, 5.41) is 4.21. The summed E-state index contributed by atoms with van der Waals surface area (Å²) in [6.45, 7) is 6.47. The molecule has 0 N–H and O–H groups in total. The zero-order valence-corrected chi connectivity index (χ0v) is 17.3. The van der Waals surface area contributed by atoms with E-state index in [1.165, 1.54) is 25.7 Å². The Morgan fingerprint density at radius 3 is 2.17 bits per heavy atom. The molecule has 0 aliphatic heterocycles. The first-order chi connectivity index (χ1) is 10.9. The second kappa shape index (κ2) is 10.2. The Morgan fingerprint density at radius 2 is 1.65 bits per heavy atom. The molecule has 1 aromatic heterocycles. The minimum absolute atomic E-state index is 0.0573. The quantitative estimate of drug-likeness (QED) is 0.249. The minimum atomic E-state index is -2.58. The molecule has 0 bridgehead atoms. The van der Waals surface area contributed by atoms with Gasteiger partial charge in [0.1, 0.15) is 3.70 Å². The van der Waals surface area contributed by atoms with Crippen LogP contribution in [0.3, 0.4) is 0 Å². The fourth-order valence-corrected chi connectivity index (χ4v) is 4.51. The first-order valence-corrected chi connectivity index (χ1v) is 10.1. The first-order valence-electron chi connectivity index (χ1n) is 8.60. The largest absolute Gasteiger partial charge is 0.269 e. The van der Waals surface area contributed by atoms with Crippen LogP contribution in [0.1, 0.15) is 90.5 Å². The molecule has 1 aromatic rings. The number of rotatable bonds is 11. The van der Waals surface area contributed by atoms with E-state index >= 15 is 0 Å². The molecule has 0 amide bonds. The molecular weight excluding hydrogens is 433 g/mol. The van der Waals surface area contributed by atoms with Gasteiger partial charge in [-0.15, -0.1) is 0 Å². The highest BCUT2D eigenvalue weighted by Gasteiger charge is 2.32. The van der Waals surface area contributed by atoms with Gasteiger partial charge in [0, 0.05) is 0 Å². The van der Waals surface area contributed by atoms with Crippen molar-refractivity contribution < 1.29 is 8.78 Å². The SMILES string of the molecule is CCCCCCCC(C)(CCCC)n1nc(Cl)c(C(F)F)c1I. The molecular formula is C17H28ClF2IN2. The van der Waals surface area contributed by atoms with Crippen molar-refractivity contribution in [3.05, 3.63) is 14.4 Å². The molecule has 1 heterocycles. The molecule has 0 aliphatic rings. The molecule has 134 valence electrons. The van der Waals surface area contributed by atoms with Crippen LogP contribution >= 0.6 is 34.2 Å². The smallest absolute Gasteiger partial charge is 0.252 e. The van der Waals surface area contributed by atoms with Gasteiger partial charge in [-0.3, -0.25) is 4.68 Å². The maximum Gasteiger partial charge on any atom is 0.269 e. The van der Waals surface area contributed by atoms with Crippen molar-refractivity contribution in [3.63, 3.8) is 0 Å². The number of alkyl halides is 2. The van der Waals surface area contributed by atoms with Crippen molar-refractivity contribution in [1.82, 2.24) is 9.78 Å². The lowest BCUT2D eigenvalue weighted by molar-refractivity contribution is 0.149. The Kier molecular flexibility index (Phi) is 9.34. The number of nitrogens with zero attached hydrogens (tertiary/aromatic N) is 2. The standard InChI is InChI=1S/C17H28ClF2IN2/c1-4-6-8-9-10-12-17(3,11-7-5-2)23-16(21)13(15(19)20)14(18)22-23/h15H,4-12H2,1-3H3. The summed E-state index contributed by atoms with van der Waals surface area (Å²) < 4.78 is 28.6. The van der Waals surface area contributed by atoms with Crippen LogP contribution in [0.2, 0.25) is 5.15 Å². The van der Waals surface area contributed by atoms with Gasteiger partial charge < -0.3 is 0 Å². The predicted octanol–water partition coefficient (Wildman–Crippen LogP) is 7.34. The number of hydrogen-bond acceptors (Lipinski definition) is 1. The summed E-state index contributed by atoms with van der Waals surface area (Å²) in [6, 6.07) is 0. The Bertz CT molecular complexity index is 479. The lowest BCUT2D eigenvalue weighted by atomic mass is 9.88. The summed E-state index contributed by atoms with van der Waals surface area (Å²) >= 11 is 7.94. The van der Waals surface area contributed by atoms with E-state index in [2.05, 4.69) is 25.9 Å². The lowest BCUT2D eigenvalue weighted by Crippen LogP contribution is -2.32. The van der Waals surface area contributed by atoms with Crippen molar-refractivity contribution in [3.8, 4) is 0 Å². The van der Waals surface area contributed by atoms with Crippen molar-refractivity contribution in [2.45, 2.75) is 90.5 Å². The first kappa shape index (κ1) is 21.1. The highest BCUT2D eigenvalue weighted by molar-refractivity contribution is 14.1. The zero-order valence-electron chi connectivity index (χ0n) is 14.3. The topological polar surface area (TPSA) is 17.8 Å². The van der Waals surface area contributed by atoms with E-state index in [9.17, 15) is 8.78 Å². The third kappa shape index (κ3) is 5.83. The molecule has 1 atom stereocenters. The van der Waals surface area contributed by atoms with E-state index in [1.54, 1.807) is 4.68 Å². The molecule has 0 saturated heterocycles. The summed E-state index contributed by atoms with van der Waals surface area (Å²) in [7, 11) is 0. The molecule has 0 radical (unpaired) electrons. The van der Waals surface area contributed by atoms with Gasteiger partial charge in [-0.25, -0.2) is 8.78 Å². The van der Waals surface area contributed by atoms with Crippen LogP contribution in [0.15, 0.2) is 0 Å². The highest BCUT2D eigenvalue weighted by Crippen LogP contribution is 2.37. The van der Waals surface area contributed by atoms with Gasteiger partial charge in [0.05, 0.1) is 11.1 Å². The molecule has 1 rings (SSSR count). The van der Waals surface area contributed by atoms with E-state index in [0.717, 1.165) is 32.1 Å². The van der Waals surface area contributed by atoms with Crippen molar-refractivity contribution >= 4 is 34.2 Å². The van der Waals surface area contributed by atoms with Gasteiger partial charge in [-0.1, -0.05) is 70.4 Å². The summed E-state index contributed by atoms with van der Waals surface area (Å²) in [4.78, 5) is 0. The fourth-order valence-electron chi connectivity index (χ4n) is 2.93. The average molecular weight is 461 g/mol. The highest BCUT2D eigenvalue weighted by atomic mass is 127. The Labute approximate surface area is 157 Å². The Morgan fingerprint density at radius 1 is 1.09 bits per heavy atom. The number of halogens is 4. The summed E-state index contributed by atoms with van der Waals surface area (Å²) in [6.07, 6.45) is 7.44. The number of hydrogen-bond donors (Lipinski definition) is 0. The molecule has 6 heteroatoms. The van der Waals surface area contributed by atoms with E-state index < -0.39 is 6.43 Å². The normalized spacial score (nSPS) is 14.4. The summed E-state index contributed by atoms with van der Waals surface area (Å²) in [5.41, 5.74) is -0.365. The molecule has 2 nitrogen and oxygen atoms in total. The third-order valence-electron chi connectivity index (χ3n) is 4.44. The minimum Gasteiger partial charge on any atom is -0.252 e. The summed E-state index contributed by atoms with van der Waals surface area (Å²) in [5.74, 6) is 0. The second-order valence-corrected chi connectivity index (χ2v) is 7.85. The lowest BCUT2D eigenvalue weighted by Gasteiger charge is -2.31. The molecule has 0 aromatic carbocycles. The maximum absolute atomic E-state index is 13.2. The van der Waals surface area contributed by atoms with E-state index in [-0.39, 0.29) is 16.3 Å². The molecule has 23 heavy (non-hydrogen) atoms. The predicted molar refractivity (Wildman–Crippen MR) is 101 cm³/mol. The van der Waals surface area contributed by atoms with E-state index in [1.807, 2.05) is 22.6 Å². The molecule has 0 spiro atoms. The fraction of sp³-hybridized carbons (Fsp3) is 0.824. The van der Waals surface area contributed by atoms with Crippen molar-refractivity contribution in [2.24, 2.45) is 0 Å². The maximum atomic E-state index is 13.2. The van der Waals surface area contributed by atoms with E-state index in [4.69, 9.17) is 11.6 Å². The molecule has 0 saturated carbocycles. The van der Waals surface area contributed by atoms with Crippen LogP contribution in [0.25, 0.3) is 0 Å². The van der Waals surface area contributed by atoms with Crippen molar-refractivity contribution in [2.75, 3.05) is 0 Å².